The van der Waals surface area contributed by atoms with E-state index in [1.165, 1.54) is 0 Å². The first-order valence-corrected chi connectivity index (χ1v) is 2.04. The van der Waals surface area contributed by atoms with Crippen molar-refractivity contribution in [3.8, 4) is 0 Å². The number of rotatable bonds is 0. The Balaban J connectivity index is -0.0000000480. The molecular formula is CH2BBrF3K. The van der Waals surface area contributed by atoms with Gasteiger partial charge in [-0.15, -0.1) is 0 Å². The standard InChI is InChI=1S/CH2Br.BF3.K/c1-2;2-1(3)4;/h1H2;;/q-1;;+1. The van der Waals surface area contributed by atoms with Gasteiger partial charge in [-0.05, 0) is 0 Å². The summed E-state index contributed by atoms with van der Waals surface area (Å²) in [7, 11) is -3.67. The topological polar surface area (TPSA) is 0 Å². The van der Waals surface area contributed by atoms with Crippen LogP contribution in [0.5, 0.6) is 0 Å². The minimum Gasteiger partial charge on any atom is -0.323 e. The molecule has 0 unspecified atom stereocenters. The fourth-order valence-electron chi connectivity index (χ4n) is 0. The van der Waals surface area contributed by atoms with Gasteiger partial charge in [-0.1, -0.05) is 0 Å². The van der Waals surface area contributed by atoms with Crippen molar-refractivity contribution in [3.63, 3.8) is 0 Å². The normalized spacial score (nSPS) is 4.71. The molecule has 0 aliphatic heterocycles. The predicted molar refractivity (Wildman–Crippen MR) is 23.4 cm³/mol. The second-order valence-electron chi connectivity index (χ2n) is 0.247. The molecule has 0 aromatic heterocycles. The van der Waals surface area contributed by atoms with Crippen LogP contribution in [-0.4, -0.2) is 7.54 Å². The third-order valence-corrected chi connectivity index (χ3v) is 0. The van der Waals surface area contributed by atoms with E-state index in [1.807, 2.05) is 0 Å². The van der Waals surface area contributed by atoms with E-state index in [0.717, 1.165) is 0 Å². The maximum atomic E-state index is 9.67. The zero-order valence-corrected chi connectivity index (χ0v) is 8.51. The van der Waals surface area contributed by atoms with Gasteiger partial charge in [0, 0.05) is 0 Å². The summed E-state index contributed by atoms with van der Waals surface area (Å²) in [5, 5.41) is 0. The first-order valence-electron chi connectivity index (χ1n) is 0.922. The smallest absolute Gasteiger partial charge is 0.323 e. The van der Waals surface area contributed by atoms with Gasteiger partial charge in [-0.2, -0.15) is 0 Å². The van der Waals surface area contributed by atoms with Gasteiger partial charge in [0.25, 0.3) is 0 Å². The fourth-order valence-corrected chi connectivity index (χ4v) is 0. The van der Waals surface area contributed by atoms with Crippen LogP contribution >= 0.6 is 15.9 Å². The van der Waals surface area contributed by atoms with Crippen LogP contribution in [0, 0.1) is 5.83 Å². The summed E-state index contributed by atoms with van der Waals surface area (Å²) in [5.74, 6) is 3.06. The zero-order valence-electron chi connectivity index (χ0n) is 3.80. The van der Waals surface area contributed by atoms with Crippen LogP contribution < -0.4 is 51.4 Å². The van der Waals surface area contributed by atoms with Crippen LogP contribution in [-0.2, 0) is 0 Å². The predicted octanol–water partition coefficient (Wildman–Crippen LogP) is -0.943. The second kappa shape index (κ2) is 15.7. The molecule has 0 rings (SSSR count). The van der Waals surface area contributed by atoms with Crippen LogP contribution in [0.4, 0.5) is 12.9 Å². The molecule has 0 atom stereocenters. The molecule has 0 radical (unpaired) electrons. The molecule has 0 saturated carbocycles. The Morgan fingerprint density at radius 1 is 1.14 bits per heavy atom. The molecule has 0 spiro atoms. The quantitative estimate of drug-likeness (QED) is 0.350. The van der Waals surface area contributed by atoms with Gasteiger partial charge in [-0.25, -0.2) is 0 Å². The van der Waals surface area contributed by atoms with E-state index < -0.39 is 7.54 Å². The van der Waals surface area contributed by atoms with Crippen molar-refractivity contribution in [2.75, 3.05) is 0 Å². The van der Waals surface area contributed by atoms with Crippen molar-refractivity contribution in [3.05, 3.63) is 5.83 Å². The van der Waals surface area contributed by atoms with E-state index in [-0.39, 0.29) is 51.4 Å². The Kier molecular flexibility index (Phi) is 35.8. The SMILES string of the molecule is FB(F)F.[CH2-]Br.[K+]. The van der Waals surface area contributed by atoms with Gasteiger partial charge < -0.3 is 15.9 Å². The van der Waals surface area contributed by atoms with E-state index in [0.29, 0.717) is 0 Å². The average molecular weight is 201 g/mol. The van der Waals surface area contributed by atoms with E-state index in [2.05, 4.69) is 21.8 Å². The Labute approximate surface area is 92.0 Å². The van der Waals surface area contributed by atoms with Gasteiger partial charge in [0.2, 0.25) is 0 Å². The van der Waals surface area contributed by atoms with Gasteiger partial charge in [0.1, 0.15) is 0 Å². The summed E-state index contributed by atoms with van der Waals surface area (Å²) in [5.41, 5.74) is 0. The van der Waals surface area contributed by atoms with Crippen molar-refractivity contribution in [2.45, 2.75) is 0 Å². The molecule has 0 amide bonds. The van der Waals surface area contributed by atoms with Crippen LogP contribution in [0.25, 0.3) is 0 Å². The summed E-state index contributed by atoms with van der Waals surface area (Å²) < 4.78 is 29.0. The van der Waals surface area contributed by atoms with Crippen molar-refractivity contribution in [1.82, 2.24) is 0 Å². The molecule has 0 saturated heterocycles. The van der Waals surface area contributed by atoms with E-state index in [9.17, 15) is 12.9 Å². The van der Waals surface area contributed by atoms with E-state index in [4.69, 9.17) is 0 Å². The average Bonchev–Trinajstić information content (AvgIpc) is 1.41. The first-order chi connectivity index (χ1) is 2.73. The molecule has 0 nitrogen and oxygen atoms in total. The van der Waals surface area contributed by atoms with E-state index in [1.54, 1.807) is 0 Å². The molecule has 0 aliphatic carbocycles. The van der Waals surface area contributed by atoms with Crippen LogP contribution in [0.15, 0.2) is 0 Å². The largest absolute Gasteiger partial charge is 1.00 e. The third-order valence-electron chi connectivity index (χ3n) is 0. The van der Waals surface area contributed by atoms with Crippen LogP contribution in [0.2, 0.25) is 0 Å². The molecule has 6 heteroatoms. The van der Waals surface area contributed by atoms with Crippen molar-refractivity contribution in [1.29, 1.82) is 0 Å². The summed E-state index contributed by atoms with van der Waals surface area (Å²) in [4.78, 5) is 0. The van der Waals surface area contributed by atoms with Crippen LogP contribution in [0.3, 0.4) is 0 Å². The van der Waals surface area contributed by atoms with Crippen molar-refractivity contribution >= 4 is 23.5 Å². The number of hydrogen-bond acceptors (Lipinski definition) is 0. The molecule has 7 heavy (non-hydrogen) atoms. The Morgan fingerprint density at radius 2 is 1.14 bits per heavy atom. The molecule has 0 aromatic rings. The first kappa shape index (κ1) is 16.0. The summed E-state index contributed by atoms with van der Waals surface area (Å²) in [6, 6.07) is 0. The zero-order chi connectivity index (χ0) is 5.58. The Bertz CT molecular complexity index is 19.7. The minimum absolute atomic E-state index is 0. The number of hydrogen-bond donors (Lipinski definition) is 0. The maximum absolute atomic E-state index is 9.67. The molecule has 0 aliphatic rings. The minimum atomic E-state index is -3.67. The molecule has 0 fully saturated rings. The van der Waals surface area contributed by atoms with Crippen LogP contribution in [0.1, 0.15) is 0 Å². The number of halogens is 4. The Hall–Kier alpha value is 1.97. The molecule has 0 heterocycles. The molecular weight excluding hydrogens is 199 g/mol. The third kappa shape index (κ3) is 73.1. The van der Waals surface area contributed by atoms with Crippen molar-refractivity contribution < 1.29 is 64.3 Å². The monoisotopic (exact) mass is 200 g/mol. The molecule has 0 N–H and O–H groups in total. The molecule has 38 valence electrons. The van der Waals surface area contributed by atoms with Gasteiger partial charge in [-0.3, -0.25) is 18.8 Å². The van der Waals surface area contributed by atoms with Crippen molar-refractivity contribution in [2.24, 2.45) is 0 Å². The fraction of sp³-hybridized carbons (Fsp3) is 0. The van der Waals surface area contributed by atoms with Gasteiger partial charge >= 0.3 is 58.9 Å². The Morgan fingerprint density at radius 3 is 1.14 bits per heavy atom. The molecule has 0 aromatic carbocycles. The van der Waals surface area contributed by atoms with Gasteiger partial charge in [0.05, 0.1) is 0 Å². The van der Waals surface area contributed by atoms with Gasteiger partial charge in [0.15, 0.2) is 0 Å². The maximum Gasteiger partial charge on any atom is 1.00 e. The second-order valence-corrected chi connectivity index (χ2v) is 0.247. The summed E-state index contributed by atoms with van der Waals surface area (Å²) in [6.07, 6.45) is 0. The molecule has 0 bridgehead atoms. The van der Waals surface area contributed by atoms with E-state index >= 15 is 0 Å². The summed E-state index contributed by atoms with van der Waals surface area (Å²) in [6.45, 7) is 0. The summed E-state index contributed by atoms with van der Waals surface area (Å²) >= 11 is 2.69.